The summed E-state index contributed by atoms with van der Waals surface area (Å²) >= 11 is 5.15. The van der Waals surface area contributed by atoms with Crippen LogP contribution < -0.4 is 10.7 Å². The molecule has 2 aromatic rings. The van der Waals surface area contributed by atoms with Crippen LogP contribution >= 0.6 is 12.2 Å². The van der Waals surface area contributed by atoms with Crippen LogP contribution in [0.25, 0.3) is 0 Å². The van der Waals surface area contributed by atoms with Crippen LogP contribution in [-0.2, 0) is 6.42 Å². The number of pyridine rings is 1. The Morgan fingerprint density at radius 2 is 1.95 bits per heavy atom. The zero-order chi connectivity index (χ0) is 15.6. The smallest absolute Gasteiger partial charge is 0.187 e. The molecule has 22 heavy (non-hydrogen) atoms. The van der Waals surface area contributed by atoms with Crippen molar-refractivity contribution < 1.29 is 0 Å². The first-order valence-corrected chi connectivity index (χ1v) is 7.37. The van der Waals surface area contributed by atoms with E-state index in [1.54, 1.807) is 12.3 Å². The molecule has 2 rings (SSSR count). The van der Waals surface area contributed by atoms with Gasteiger partial charge in [0.25, 0.3) is 0 Å². The number of hydrazone groups is 1. The molecule has 0 bridgehead atoms. The average Bonchev–Trinajstić information content (AvgIpc) is 2.58. The predicted molar refractivity (Wildman–Crippen MR) is 94.9 cm³/mol. The Morgan fingerprint density at radius 3 is 2.64 bits per heavy atom. The number of benzene rings is 1. The molecule has 1 aromatic carbocycles. The van der Waals surface area contributed by atoms with Crippen molar-refractivity contribution in [3.05, 3.63) is 78.6 Å². The summed E-state index contributed by atoms with van der Waals surface area (Å²) in [6, 6.07) is 15.9. The lowest BCUT2D eigenvalue weighted by atomic mass is 10.1. The summed E-state index contributed by atoms with van der Waals surface area (Å²) in [7, 11) is 0. The van der Waals surface area contributed by atoms with Gasteiger partial charge in [0.05, 0.1) is 11.4 Å². The van der Waals surface area contributed by atoms with Gasteiger partial charge in [-0.05, 0) is 29.9 Å². The number of thiocarbonyl (C=S) groups is 1. The van der Waals surface area contributed by atoms with Gasteiger partial charge < -0.3 is 5.32 Å². The van der Waals surface area contributed by atoms with Crippen molar-refractivity contribution in [2.75, 3.05) is 6.54 Å². The lowest BCUT2D eigenvalue weighted by molar-refractivity contribution is 0.930. The number of hydrogen-bond acceptors (Lipinski definition) is 3. The van der Waals surface area contributed by atoms with Gasteiger partial charge in [-0.2, -0.15) is 5.10 Å². The molecule has 0 saturated heterocycles. The lowest BCUT2D eigenvalue weighted by Crippen LogP contribution is -2.33. The normalized spacial score (nSPS) is 10.8. The summed E-state index contributed by atoms with van der Waals surface area (Å²) in [6.45, 7) is 4.23. The summed E-state index contributed by atoms with van der Waals surface area (Å²) in [5.74, 6) is 0. The molecular formula is C17H18N4S. The second-order valence-corrected chi connectivity index (χ2v) is 4.95. The molecule has 1 aromatic heterocycles. The highest BCUT2D eigenvalue weighted by Crippen LogP contribution is 2.06. The largest absolute Gasteiger partial charge is 0.358 e. The third-order valence-corrected chi connectivity index (χ3v) is 3.11. The standard InChI is InChI=1S/C17H18N4S/c1-2-11-19-17(22)21-20-16(15-10-6-7-12-18-15)13-14-8-4-3-5-9-14/h2-10,12H,1,11,13H2,(H2,19,21,22)/b20-16-. The zero-order valence-electron chi connectivity index (χ0n) is 12.2. The molecule has 0 aliphatic heterocycles. The van der Waals surface area contributed by atoms with Gasteiger partial charge in [0, 0.05) is 19.2 Å². The summed E-state index contributed by atoms with van der Waals surface area (Å²) < 4.78 is 0. The molecule has 0 spiro atoms. The second kappa shape index (κ2) is 8.69. The molecule has 112 valence electrons. The first-order chi connectivity index (χ1) is 10.8. The highest BCUT2D eigenvalue weighted by atomic mass is 32.1. The Hall–Kier alpha value is -2.53. The van der Waals surface area contributed by atoms with Crippen LogP contribution in [0.3, 0.4) is 0 Å². The van der Waals surface area contributed by atoms with E-state index in [-0.39, 0.29) is 0 Å². The van der Waals surface area contributed by atoms with Gasteiger partial charge in [0.1, 0.15) is 0 Å². The third-order valence-electron chi connectivity index (χ3n) is 2.87. The van der Waals surface area contributed by atoms with E-state index in [1.165, 1.54) is 5.56 Å². The Balaban J connectivity index is 2.15. The maximum Gasteiger partial charge on any atom is 0.187 e. The Bertz CT molecular complexity index is 638. The van der Waals surface area contributed by atoms with Crippen LogP contribution in [0.15, 0.2) is 72.5 Å². The fourth-order valence-electron chi connectivity index (χ4n) is 1.83. The van der Waals surface area contributed by atoms with E-state index in [9.17, 15) is 0 Å². The van der Waals surface area contributed by atoms with Gasteiger partial charge >= 0.3 is 0 Å². The maximum atomic E-state index is 5.15. The minimum atomic E-state index is 0.460. The minimum absolute atomic E-state index is 0.460. The number of hydrogen-bond donors (Lipinski definition) is 2. The highest BCUT2D eigenvalue weighted by Gasteiger charge is 2.06. The van der Waals surface area contributed by atoms with Crippen LogP contribution in [0.1, 0.15) is 11.3 Å². The molecule has 0 atom stereocenters. The fraction of sp³-hybridized carbons (Fsp3) is 0.118. The second-order valence-electron chi connectivity index (χ2n) is 4.55. The van der Waals surface area contributed by atoms with E-state index in [2.05, 4.69) is 39.5 Å². The first-order valence-electron chi connectivity index (χ1n) is 6.96. The van der Waals surface area contributed by atoms with Crippen molar-refractivity contribution in [2.24, 2.45) is 5.10 Å². The van der Waals surface area contributed by atoms with Gasteiger partial charge in [0.15, 0.2) is 5.11 Å². The summed E-state index contributed by atoms with van der Waals surface area (Å²) in [4.78, 5) is 4.36. The molecule has 0 amide bonds. The van der Waals surface area contributed by atoms with Crippen LogP contribution in [0.5, 0.6) is 0 Å². The summed E-state index contributed by atoms with van der Waals surface area (Å²) in [5, 5.41) is 7.85. The molecule has 2 N–H and O–H groups in total. The molecule has 0 aliphatic rings. The summed E-state index contributed by atoms with van der Waals surface area (Å²) in [5.41, 5.74) is 5.67. The van der Waals surface area contributed by atoms with Gasteiger partial charge in [-0.25, -0.2) is 0 Å². The van der Waals surface area contributed by atoms with Crippen molar-refractivity contribution in [1.29, 1.82) is 0 Å². The van der Waals surface area contributed by atoms with Crippen molar-refractivity contribution >= 4 is 23.0 Å². The molecule has 4 nitrogen and oxygen atoms in total. The topological polar surface area (TPSA) is 49.3 Å². The predicted octanol–water partition coefficient (Wildman–Crippen LogP) is 2.68. The Labute approximate surface area is 136 Å². The number of aromatic nitrogens is 1. The van der Waals surface area contributed by atoms with Crippen LogP contribution in [-0.4, -0.2) is 22.4 Å². The molecule has 0 fully saturated rings. The van der Waals surface area contributed by atoms with Crippen LogP contribution in [0.2, 0.25) is 0 Å². The first kappa shape index (κ1) is 15.9. The van der Waals surface area contributed by atoms with Gasteiger partial charge in [-0.15, -0.1) is 6.58 Å². The third kappa shape index (κ3) is 5.10. The minimum Gasteiger partial charge on any atom is -0.358 e. The molecule has 1 heterocycles. The molecule has 0 aliphatic carbocycles. The van der Waals surface area contributed by atoms with E-state index in [1.807, 2.05) is 36.4 Å². The van der Waals surface area contributed by atoms with Crippen LogP contribution in [0.4, 0.5) is 0 Å². The van der Waals surface area contributed by atoms with Crippen molar-refractivity contribution in [3.63, 3.8) is 0 Å². The maximum absolute atomic E-state index is 5.15. The quantitative estimate of drug-likeness (QED) is 0.373. The van der Waals surface area contributed by atoms with E-state index < -0.39 is 0 Å². The van der Waals surface area contributed by atoms with Gasteiger partial charge in [-0.3, -0.25) is 10.4 Å². The highest BCUT2D eigenvalue weighted by molar-refractivity contribution is 7.80. The van der Waals surface area contributed by atoms with Crippen LogP contribution in [0, 0.1) is 0 Å². The SMILES string of the molecule is C=CCNC(=S)N/N=C(/Cc1ccccc1)c1ccccn1. The van der Waals surface area contributed by atoms with Gasteiger partial charge in [0.2, 0.25) is 0 Å². The molecule has 0 radical (unpaired) electrons. The Morgan fingerprint density at radius 1 is 1.18 bits per heavy atom. The van der Waals surface area contributed by atoms with Crippen molar-refractivity contribution in [1.82, 2.24) is 15.7 Å². The van der Waals surface area contributed by atoms with E-state index in [0.29, 0.717) is 18.1 Å². The number of rotatable bonds is 6. The number of nitrogens with zero attached hydrogens (tertiary/aromatic N) is 2. The lowest BCUT2D eigenvalue weighted by Gasteiger charge is -2.09. The van der Waals surface area contributed by atoms with Gasteiger partial charge in [-0.1, -0.05) is 42.5 Å². The van der Waals surface area contributed by atoms with Crippen molar-refractivity contribution in [2.45, 2.75) is 6.42 Å². The Kier molecular flexibility index (Phi) is 6.26. The number of nitrogens with one attached hydrogen (secondary N) is 2. The molecular weight excluding hydrogens is 292 g/mol. The zero-order valence-corrected chi connectivity index (χ0v) is 13.0. The molecule has 5 heteroatoms. The molecule has 0 unspecified atom stereocenters. The van der Waals surface area contributed by atoms with E-state index in [0.717, 1.165) is 11.4 Å². The fourth-order valence-corrected chi connectivity index (χ4v) is 1.96. The monoisotopic (exact) mass is 310 g/mol. The molecule has 0 saturated carbocycles. The summed E-state index contributed by atoms with van der Waals surface area (Å²) in [6.07, 6.45) is 4.17. The van der Waals surface area contributed by atoms with E-state index >= 15 is 0 Å². The van der Waals surface area contributed by atoms with Crippen molar-refractivity contribution in [3.8, 4) is 0 Å². The van der Waals surface area contributed by atoms with E-state index in [4.69, 9.17) is 12.2 Å². The average molecular weight is 310 g/mol.